The first-order chi connectivity index (χ1) is 22.0. The summed E-state index contributed by atoms with van der Waals surface area (Å²) in [5.74, 6) is -1.41. The number of aliphatic hydroxyl groups is 1. The minimum absolute atomic E-state index is 0.000119. The van der Waals surface area contributed by atoms with Gasteiger partial charge >= 0.3 is 6.18 Å². The van der Waals surface area contributed by atoms with E-state index in [1.54, 1.807) is 13.8 Å². The van der Waals surface area contributed by atoms with E-state index in [2.05, 4.69) is 4.72 Å². The zero-order valence-electron chi connectivity index (χ0n) is 26.9. The van der Waals surface area contributed by atoms with Gasteiger partial charge in [-0.1, -0.05) is 18.5 Å². The lowest BCUT2D eigenvalue weighted by Gasteiger charge is -2.36. The molecule has 10 nitrogen and oxygen atoms in total. The van der Waals surface area contributed by atoms with Gasteiger partial charge in [0.05, 0.1) is 41.7 Å². The molecule has 2 aromatic rings. The van der Waals surface area contributed by atoms with Gasteiger partial charge in [-0.3, -0.25) is 14.3 Å². The molecular weight excluding hydrogens is 663 g/mol. The summed E-state index contributed by atoms with van der Waals surface area (Å²) in [6, 6.07) is 9.30. The number of carbonyl (C=O) groups is 2. The molecule has 15 heteroatoms. The number of benzene rings is 2. The normalized spacial score (nSPS) is 20.8. The summed E-state index contributed by atoms with van der Waals surface area (Å²) in [6.45, 7) is 5.26. The fraction of sp³-hybridized carbons (Fsp3) is 0.562. The molecule has 0 radical (unpaired) electrons. The van der Waals surface area contributed by atoms with Crippen molar-refractivity contribution in [3.63, 3.8) is 0 Å². The van der Waals surface area contributed by atoms with Crippen molar-refractivity contribution in [1.82, 2.24) is 9.80 Å². The summed E-state index contributed by atoms with van der Waals surface area (Å²) in [6.07, 6.45) is -5.37. The predicted molar refractivity (Wildman–Crippen MR) is 172 cm³/mol. The monoisotopic (exact) mass is 705 g/mol. The van der Waals surface area contributed by atoms with Crippen molar-refractivity contribution in [2.24, 2.45) is 5.92 Å². The van der Waals surface area contributed by atoms with Gasteiger partial charge in [-0.15, -0.1) is 0 Å². The van der Waals surface area contributed by atoms with Crippen molar-refractivity contribution in [3.05, 3.63) is 53.1 Å². The number of nitrogens with one attached hydrogen (secondary N) is 1. The van der Waals surface area contributed by atoms with Gasteiger partial charge in [-0.2, -0.15) is 13.2 Å². The Morgan fingerprint density at radius 2 is 1.85 bits per heavy atom. The maximum atomic E-state index is 14.2. The van der Waals surface area contributed by atoms with E-state index >= 15 is 0 Å². The third kappa shape index (κ3) is 11.5. The van der Waals surface area contributed by atoms with Crippen LogP contribution < -0.4 is 9.46 Å². The minimum atomic E-state index is -4.46. The highest BCUT2D eigenvalue weighted by atomic mass is 35.5. The number of carbonyl (C=O) groups excluding carboxylic acids is 2. The standard InChI is InChI=1S/C32H43ClF3N3O7S/c1-21-18-39(22(2)20-40)31(42)27-17-25(37-47(43,44)26-11-8-24(33)9-12-26)10-13-28(27)46-23(3)7-5-6-16-45-29(21)19-38(4)30(41)14-15-32(34,35)36/h8-13,17,21-23,29,37,40H,5-7,14-16,18-20H2,1-4H3/t21-,22+,23-,29-/m1/s1. The van der Waals surface area contributed by atoms with Crippen molar-refractivity contribution < 1.29 is 45.8 Å². The predicted octanol–water partition coefficient (Wildman–Crippen LogP) is 5.74. The van der Waals surface area contributed by atoms with Gasteiger partial charge in [0.15, 0.2) is 0 Å². The number of fused-ring (bicyclic) bond motifs is 1. The van der Waals surface area contributed by atoms with E-state index in [0.29, 0.717) is 30.9 Å². The lowest BCUT2D eigenvalue weighted by atomic mass is 10.0. The number of hydrogen-bond donors (Lipinski definition) is 2. The first kappa shape index (κ1) is 38.4. The molecule has 2 aromatic carbocycles. The van der Waals surface area contributed by atoms with Crippen LogP contribution in [0.3, 0.4) is 0 Å². The van der Waals surface area contributed by atoms with E-state index < -0.39 is 65.5 Å². The van der Waals surface area contributed by atoms with Crippen LogP contribution in [-0.2, 0) is 19.6 Å². The molecule has 1 heterocycles. The third-order valence-corrected chi connectivity index (χ3v) is 9.58. The largest absolute Gasteiger partial charge is 0.490 e. The van der Waals surface area contributed by atoms with Gasteiger partial charge in [0, 0.05) is 49.8 Å². The van der Waals surface area contributed by atoms with Crippen molar-refractivity contribution in [1.29, 1.82) is 0 Å². The van der Waals surface area contributed by atoms with E-state index in [1.165, 1.54) is 59.3 Å². The van der Waals surface area contributed by atoms with Crippen LogP contribution in [0, 0.1) is 5.92 Å². The quantitative estimate of drug-likeness (QED) is 0.341. The number of anilines is 1. The summed E-state index contributed by atoms with van der Waals surface area (Å²) in [7, 11) is -2.62. The van der Waals surface area contributed by atoms with Crippen molar-refractivity contribution in [2.75, 3.05) is 38.1 Å². The van der Waals surface area contributed by atoms with E-state index in [4.69, 9.17) is 21.1 Å². The first-order valence-electron chi connectivity index (χ1n) is 15.4. The molecule has 3 rings (SSSR count). The van der Waals surface area contributed by atoms with Crippen LogP contribution in [0.5, 0.6) is 5.75 Å². The van der Waals surface area contributed by atoms with E-state index in [9.17, 15) is 36.3 Å². The summed E-state index contributed by atoms with van der Waals surface area (Å²) in [5, 5.41) is 10.5. The van der Waals surface area contributed by atoms with E-state index in [0.717, 1.165) is 0 Å². The number of sulfonamides is 1. The molecule has 0 spiro atoms. The van der Waals surface area contributed by atoms with Crippen LogP contribution in [0.2, 0.25) is 5.02 Å². The topological polar surface area (TPSA) is 125 Å². The number of alkyl halides is 3. The van der Waals surface area contributed by atoms with Crippen LogP contribution >= 0.6 is 11.6 Å². The minimum Gasteiger partial charge on any atom is -0.490 e. The maximum absolute atomic E-state index is 14.2. The van der Waals surface area contributed by atoms with E-state index in [1.807, 2.05) is 6.92 Å². The molecule has 0 saturated heterocycles. The highest BCUT2D eigenvalue weighted by molar-refractivity contribution is 7.92. The molecule has 0 aromatic heterocycles. The van der Waals surface area contributed by atoms with Crippen LogP contribution in [-0.4, -0.2) is 92.9 Å². The molecule has 0 fully saturated rings. The summed E-state index contributed by atoms with van der Waals surface area (Å²) in [4.78, 5) is 29.3. The Morgan fingerprint density at radius 3 is 2.49 bits per heavy atom. The molecule has 0 bridgehead atoms. The lowest BCUT2D eigenvalue weighted by Crippen LogP contribution is -2.48. The second kappa shape index (κ2) is 16.8. The van der Waals surface area contributed by atoms with Gasteiger partial charge in [0.25, 0.3) is 15.9 Å². The number of likely N-dealkylation sites (N-methyl/N-ethyl adjacent to an activating group) is 1. The summed E-state index contributed by atoms with van der Waals surface area (Å²) in [5.41, 5.74) is 0.170. The second-order valence-electron chi connectivity index (χ2n) is 12.0. The fourth-order valence-electron chi connectivity index (χ4n) is 5.09. The molecule has 4 atom stereocenters. The first-order valence-corrected chi connectivity index (χ1v) is 17.3. The SMILES string of the molecule is C[C@@H]1CCCCO[C@H](CN(C)C(=O)CCC(F)(F)F)[C@H](C)CN([C@@H](C)CO)C(=O)c2cc(NS(=O)(=O)c3ccc(Cl)cc3)ccc2O1. The van der Waals surface area contributed by atoms with Gasteiger partial charge in [-0.05, 0) is 75.6 Å². The van der Waals surface area contributed by atoms with Crippen molar-refractivity contribution >= 4 is 39.1 Å². The number of rotatable bonds is 9. The number of nitrogens with zero attached hydrogens (tertiary/aromatic N) is 2. The average Bonchev–Trinajstić information content (AvgIpc) is 3.00. The van der Waals surface area contributed by atoms with Gasteiger partial charge < -0.3 is 24.4 Å². The molecule has 0 saturated carbocycles. The number of hydrogen-bond acceptors (Lipinski definition) is 7. The molecule has 1 aliphatic rings. The van der Waals surface area contributed by atoms with Crippen molar-refractivity contribution in [3.8, 4) is 5.75 Å². The van der Waals surface area contributed by atoms with Gasteiger partial charge in [0.1, 0.15) is 5.75 Å². The number of aliphatic hydroxyl groups excluding tert-OH is 1. The molecule has 0 unspecified atom stereocenters. The fourth-order valence-corrected chi connectivity index (χ4v) is 6.26. The van der Waals surface area contributed by atoms with Crippen LogP contribution in [0.15, 0.2) is 47.4 Å². The van der Waals surface area contributed by atoms with Gasteiger partial charge in [0.2, 0.25) is 5.91 Å². The van der Waals surface area contributed by atoms with Crippen molar-refractivity contribution in [2.45, 2.75) is 82.2 Å². The Balaban J connectivity index is 1.95. The lowest BCUT2D eigenvalue weighted by molar-refractivity contribution is -0.149. The molecule has 47 heavy (non-hydrogen) atoms. The Kier molecular flexibility index (Phi) is 13.8. The number of ether oxygens (including phenoxy) is 2. The molecule has 2 amide bonds. The summed E-state index contributed by atoms with van der Waals surface area (Å²) < 4.78 is 79.2. The third-order valence-electron chi connectivity index (χ3n) is 7.93. The molecule has 1 aliphatic heterocycles. The molecule has 262 valence electrons. The highest BCUT2D eigenvalue weighted by Gasteiger charge is 2.32. The Hall–Kier alpha value is -3.07. The van der Waals surface area contributed by atoms with Crippen LogP contribution in [0.25, 0.3) is 0 Å². The average molecular weight is 706 g/mol. The Bertz CT molecular complexity index is 1460. The Morgan fingerprint density at radius 1 is 1.17 bits per heavy atom. The van der Waals surface area contributed by atoms with Crippen LogP contribution in [0.1, 0.15) is 63.2 Å². The molecule has 2 N–H and O–H groups in total. The maximum Gasteiger partial charge on any atom is 0.389 e. The van der Waals surface area contributed by atoms with Gasteiger partial charge in [-0.25, -0.2) is 8.42 Å². The van der Waals surface area contributed by atoms with E-state index in [-0.39, 0.29) is 41.1 Å². The molecule has 0 aliphatic carbocycles. The number of halogens is 4. The highest BCUT2D eigenvalue weighted by Crippen LogP contribution is 2.30. The van der Waals surface area contributed by atoms with Crippen LogP contribution in [0.4, 0.5) is 18.9 Å². The zero-order valence-corrected chi connectivity index (χ0v) is 28.5. The zero-order chi connectivity index (χ0) is 34.9. The Labute approximate surface area is 279 Å². The molecular formula is C32H43ClF3N3O7S. The summed E-state index contributed by atoms with van der Waals surface area (Å²) >= 11 is 5.91. The second-order valence-corrected chi connectivity index (χ2v) is 14.1. The smallest absolute Gasteiger partial charge is 0.389 e. The number of amides is 2.